The van der Waals surface area contributed by atoms with Crippen molar-refractivity contribution in [3.63, 3.8) is 0 Å². The van der Waals surface area contributed by atoms with Crippen LogP contribution in [0.2, 0.25) is 0 Å². The molecule has 0 saturated carbocycles. The number of nitrogens with zero attached hydrogens (tertiary/aromatic N) is 1. The first-order valence-electron chi connectivity index (χ1n) is 5.42. The van der Waals surface area contributed by atoms with Gasteiger partial charge in [-0.3, -0.25) is 4.99 Å². The van der Waals surface area contributed by atoms with Crippen molar-refractivity contribution in [1.82, 2.24) is 0 Å². The van der Waals surface area contributed by atoms with E-state index in [9.17, 15) is 0 Å². The van der Waals surface area contributed by atoms with Gasteiger partial charge in [0.05, 0.1) is 25.6 Å². The van der Waals surface area contributed by atoms with Gasteiger partial charge in [-0.25, -0.2) is 5.90 Å². The first-order valence-corrected chi connectivity index (χ1v) is 5.42. The molecular weight excluding hydrogens is 216 g/mol. The van der Waals surface area contributed by atoms with Crippen LogP contribution in [0.15, 0.2) is 41.8 Å². The number of hydrogen-bond acceptors (Lipinski definition) is 4. The summed E-state index contributed by atoms with van der Waals surface area (Å²) < 4.78 is 5.06. The van der Waals surface area contributed by atoms with Crippen LogP contribution in [0.4, 0.5) is 0 Å². The van der Waals surface area contributed by atoms with E-state index in [4.69, 9.17) is 4.74 Å². The van der Waals surface area contributed by atoms with Gasteiger partial charge in [-0.2, -0.15) is 0 Å². The van der Waals surface area contributed by atoms with Crippen molar-refractivity contribution in [2.45, 2.75) is 27.7 Å². The summed E-state index contributed by atoms with van der Waals surface area (Å²) in [6.45, 7) is 19.4. The second kappa shape index (κ2) is 17.0. The van der Waals surface area contributed by atoms with Crippen LogP contribution in [0.25, 0.3) is 0 Å². The van der Waals surface area contributed by atoms with Gasteiger partial charge in [0, 0.05) is 0 Å². The molecule has 2 N–H and O–H groups in total. The summed E-state index contributed by atoms with van der Waals surface area (Å²) in [4.78, 5) is 7.75. The Hall–Kier alpha value is -1.39. The molecule has 0 atom stereocenters. The van der Waals surface area contributed by atoms with Crippen molar-refractivity contribution >= 4 is 6.21 Å². The Balaban J connectivity index is -0.000000337. The minimum atomic E-state index is 0.542. The molecule has 0 aromatic carbocycles. The molecule has 0 aromatic heterocycles. The maximum atomic E-state index is 5.06. The van der Waals surface area contributed by atoms with Gasteiger partial charge in [0.1, 0.15) is 5.76 Å². The van der Waals surface area contributed by atoms with Crippen molar-refractivity contribution in [3.05, 3.63) is 36.8 Å². The lowest BCUT2D eigenvalue weighted by Crippen LogP contribution is -1.91. The molecule has 0 saturated heterocycles. The molecule has 100 valence electrons. The lowest BCUT2D eigenvalue weighted by atomic mass is 10.3. The summed E-state index contributed by atoms with van der Waals surface area (Å²) in [6.07, 6.45) is 1.54. The van der Waals surface area contributed by atoms with E-state index < -0.39 is 0 Å². The van der Waals surface area contributed by atoms with E-state index in [1.165, 1.54) is 7.11 Å². The first-order chi connectivity index (χ1) is 7.99. The number of ether oxygens (including phenoxy) is 1. The normalized spacial score (nSPS) is 8.35. The predicted octanol–water partition coefficient (Wildman–Crippen LogP) is 3.23. The van der Waals surface area contributed by atoms with Crippen LogP contribution in [0.1, 0.15) is 27.7 Å². The van der Waals surface area contributed by atoms with Crippen LogP contribution in [0.5, 0.6) is 0 Å². The number of rotatable bonds is 5. The molecule has 0 amide bonds. The first kappa shape index (κ1) is 21.0. The quantitative estimate of drug-likeness (QED) is 0.348. The summed E-state index contributed by atoms with van der Waals surface area (Å²) in [5, 5.41) is 0. The number of allylic oxidation sites excluding steroid dienone is 2. The second-order valence-electron chi connectivity index (χ2n) is 2.62. The van der Waals surface area contributed by atoms with E-state index >= 15 is 0 Å². The summed E-state index contributed by atoms with van der Waals surface area (Å²) in [6, 6.07) is 0. The Labute approximate surface area is 105 Å². The van der Waals surface area contributed by atoms with Gasteiger partial charge >= 0.3 is 0 Å². The van der Waals surface area contributed by atoms with Crippen LogP contribution >= 0.6 is 0 Å². The number of aliphatic imine (C=N–C) groups is 1. The predicted molar refractivity (Wildman–Crippen MR) is 75.8 cm³/mol. The van der Waals surface area contributed by atoms with E-state index in [0.29, 0.717) is 18.1 Å². The topological polar surface area (TPSA) is 56.8 Å². The molecule has 0 aliphatic heterocycles. The van der Waals surface area contributed by atoms with Crippen molar-refractivity contribution in [1.29, 1.82) is 0 Å². The number of nitrogens with two attached hydrogens (primary N) is 1. The Kier molecular flexibility index (Phi) is 21.0. The molecule has 0 radical (unpaired) electrons. The van der Waals surface area contributed by atoms with Crippen LogP contribution < -0.4 is 5.90 Å². The molecule has 4 heteroatoms. The van der Waals surface area contributed by atoms with Crippen LogP contribution in [-0.2, 0) is 9.57 Å². The molecule has 0 heterocycles. The van der Waals surface area contributed by atoms with Crippen LogP contribution in [0, 0.1) is 0 Å². The van der Waals surface area contributed by atoms with Gasteiger partial charge in [-0.1, -0.05) is 33.6 Å². The fraction of sp³-hybridized carbons (Fsp3) is 0.462. The molecule has 0 bridgehead atoms. The molecule has 0 unspecified atom stereocenters. The molecular formula is C13H26N2O2. The molecule has 4 nitrogen and oxygen atoms in total. The van der Waals surface area contributed by atoms with Crippen molar-refractivity contribution in [2.24, 2.45) is 10.9 Å². The van der Waals surface area contributed by atoms with E-state index in [1.807, 2.05) is 27.7 Å². The Morgan fingerprint density at radius 2 is 1.71 bits per heavy atom. The highest BCUT2D eigenvalue weighted by Gasteiger charge is 1.90. The summed E-state index contributed by atoms with van der Waals surface area (Å²) in [5.41, 5.74) is 1.49. The van der Waals surface area contributed by atoms with Crippen LogP contribution in [-0.4, -0.2) is 19.9 Å². The second-order valence-corrected chi connectivity index (χ2v) is 2.62. The molecule has 0 aromatic rings. The molecule has 0 aliphatic rings. The highest BCUT2D eigenvalue weighted by Crippen LogP contribution is 2.04. The lowest BCUT2D eigenvalue weighted by Gasteiger charge is -2.00. The van der Waals surface area contributed by atoms with Gasteiger partial charge in [0.2, 0.25) is 0 Å². The zero-order chi connectivity index (χ0) is 14.3. The Bertz CT molecular complexity index is 246. The lowest BCUT2D eigenvalue weighted by molar-refractivity contribution is 0.206. The molecule has 0 rings (SSSR count). The van der Waals surface area contributed by atoms with E-state index in [1.54, 1.807) is 6.21 Å². The monoisotopic (exact) mass is 242 g/mol. The molecule has 0 aliphatic carbocycles. The van der Waals surface area contributed by atoms with Crippen molar-refractivity contribution in [3.8, 4) is 0 Å². The zero-order valence-corrected chi connectivity index (χ0v) is 11.7. The van der Waals surface area contributed by atoms with Crippen LogP contribution in [0.3, 0.4) is 0 Å². The van der Waals surface area contributed by atoms with E-state index in [2.05, 4.69) is 35.5 Å². The van der Waals surface area contributed by atoms with Gasteiger partial charge < -0.3 is 9.57 Å². The minimum Gasteiger partial charge on any atom is -0.493 e. The third-order valence-corrected chi connectivity index (χ3v) is 1.19. The van der Waals surface area contributed by atoms with Gasteiger partial charge in [0.15, 0.2) is 0 Å². The third kappa shape index (κ3) is 20.6. The highest BCUT2D eigenvalue weighted by molar-refractivity contribution is 5.76. The summed E-state index contributed by atoms with van der Waals surface area (Å²) >= 11 is 0. The standard InChI is InChI=1S/C10H15NO.C2H6.CH5NO/c1-6-12-9(4)7-11-10(5)8(2)3;1-2;1-3-2/h7H,2,4-6H2,1,3H3;1-2H3;2H2,1H3. The van der Waals surface area contributed by atoms with Gasteiger partial charge in [0.25, 0.3) is 0 Å². The highest BCUT2D eigenvalue weighted by atomic mass is 16.6. The fourth-order valence-corrected chi connectivity index (χ4v) is 0.483. The van der Waals surface area contributed by atoms with Crippen molar-refractivity contribution in [2.75, 3.05) is 13.7 Å². The third-order valence-electron chi connectivity index (χ3n) is 1.19. The largest absolute Gasteiger partial charge is 0.493 e. The maximum Gasteiger partial charge on any atom is 0.130 e. The Morgan fingerprint density at radius 3 is 2.00 bits per heavy atom. The molecule has 0 fully saturated rings. The average molecular weight is 242 g/mol. The zero-order valence-electron chi connectivity index (χ0n) is 11.7. The summed E-state index contributed by atoms with van der Waals surface area (Å²) in [7, 11) is 1.40. The van der Waals surface area contributed by atoms with E-state index in [-0.39, 0.29) is 0 Å². The average Bonchev–Trinajstić information content (AvgIpc) is 2.30. The van der Waals surface area contributed by atoms with Gasteiger partial charge in [-0.05, 0) is 19.4 Å². The van der Waals surface area contributed by atoms with Crippen molar-refractivity contribution < 1.29 is 9.57 Å². The summed E-state index contributed by atoms with van der Waals surface area (Å²) in [5.74, 6) is 4.89. The fourth-order valence-electron chi connectivity index (χ4n) is 0.483. The van der Waals surface area contributed by atoms with E-state index in [0.717, 1.165) is 5.57 Å². The number of hydrogen-bond donors (Lipinski definition) is 1. The SMILES string of the molecule is C=C(C=NC(=C)C(=C)C)OCC.CC.CON. The smallest absolute Gasteiger partial charge is 0.130 e. The Morgan fingerprint density at radius 1 is 1.29 bits per heavy atom. The maximum absolute atomic E-state index is 5.06. The minimum absolute atomic E-state index is 0.542. The molecule has 17 heavy (non-hydrogen) atoms. The molecule has 0 spiro atoms. The van der Waals surface area contributed by atoms with Gasteiger partial charge in [-0.15, -0.1) is 0 Å².